The Morgan fingerprint density at radius 1 is 1.19 bits per heavy atom. The summed E-state index contributed by atoms with van der Waals surface area (Å²) in [4.78, 5) is 2.59. The molecule has 1 fully saturated rings. The van der Waals surface area contributed by atoms with Crippen molar-refractivity contribution < 1.29 is 4.74 Å². The second-order valence-electron chi connectivity index (χ2n) is 4.93. The standard InChI is InChI=1S/C13H28N2O/c1-3-5-8-15(9-6-4-2)13(11-14)7-10-16-12-13/h3-12,14H2,1-2H3. The van der Waals surface area contributed by atoms with Gasteiger partial charge in [-0.25, -0.2) is 0 Å². The van der Waals surface area contributed by atoms with Crippen LogP contribution in [0.3, 0.4) is 0 Å². The second-order valence-corrected chi connectivity index (χ2v) is 4.93. The van der Waals surface area contributed by atoms with Crippen LogP contribution in [-0.4, -0.2) is 43.3 Å². The summed E-state index contributed by atoms with van der Waals surface area (Å²) in [6.07, 6.45) is 6.15. The van der Waals surface area contributed by atoms with E-state index in [2.05, 4.69) is 18.7 Å². The van der Waals surface area contributed by atoms with Crippen molar-refractivity contribution in [3.63, 3.8) is 0 Å². The average Bonchev–Trinajstić information content (AvgIpc) is 2.79. The number of ether oxygens (including phenoxy) is 1. The van der Waals surface area contributed by atoms with Gasteiger partial charge in [0, 0.05) is 13.2 Å². The van der Waals surface area contributed by atoms with Crippen LogP contribution in [0.15, 0.2) is 0 Å². The molecule has 1 unspecified atom stereocenters. The van der Waals surface area contributed by atoms with Gasteiger partial charge in [-0.15, -0.1) is 0 Å². The minimum atomic E-state index is 0.143. The lowest BCUT2D eigenvalue weighted by Gasteiger charge is -2.39. The summed E-state index contributed by atoms with van der Waals surface area (Å²) >= 11 is 0. The van der Waals surface area contributed by atoms with Gasteiger partial charge in [0.15, 0.2) is 0 Å². The lowest BCUT2D eigenvalue weighted by molar-refractivity contribution is 0.0691. The molecule has 0 bridgehead atoms. The van der Waals surface area contributed by atoms with Crippen molar-refractivity contribution in [2.45, 2.75) is 51.5 Å². The fraction of sp³-hybridized carbons (Fsp3) is 1.00. The summed E-state index contributed by atoms with van der Waals surface area (Å²) in [6.45, 7) is 9.30. The molecule has 3 nitrogen and oxygen atoms in total. The molecule has 2 N–H and O–H groups in total. The number of nitrogens with zero attached hydrogens (tertiary/aromatic N) is 1. The second kappa shape index (κ2) is 7.25. The number of hydrogen-bond donors (Lipinski definition) is 1. The molecule has 1 aliphatic heterocycles. The minimum absolute atomic E-state index is 0.143. The van der Waals surface area contributed by atoms with Crippen LogP contribution in [0.2, 0.25) is 0 Å². The molecule has 16 heavy (non-hydrogen) atoms. The first-order chi connectivity index (χ1) is 7.79. The molecule has 0 radical (unpaired) electrons. The summed E-state index contributed by atoms with van der Waals surface area (Å²) in [5.74, 6) is 0. The Hall–Kier alpha value is -0.120. The summed E-state index contributed by atoms with van der Waals surface area (Å²) in [5, 5.41) is 0. The predicted octanol–water partition coefficient (Wildman–Crippen LogP) is 2.01. The van der Waals surface area contributed by atoms with Crippen molar-refractivity contribution in [3.8, 4) is 0 Å². The van der Waals surface area contributed by atoms with E-state index in [1.807, 2.05) is 0 Å². The molecule has 0 aromatic heterocycles. The summed E-state index contributed by atoms with van der Waals surface area (Å²) < 4.78 is 5.57. The molecule has 1 saturated heterocycles. The molecule has 1 atom stereocenters. The normalized spacial score (nSPS) is 25.5. The van der Waals surface area contributed by atoms with Gasteiger partial charge in [0.2, 0.25) is 0 Å². The molecule has 0 amide bonds. The Labute approximate surface area is 100 Å². The van der Waals surface area contributed by atoms with Gasteiger partial charge in [-0.2, -0.15) is 0 Å². The van der Waals surface area contributed by atoms with Gasteiger partial charge in [-0.3, -0.25) is 4.90 Å². The van der Waals surface area contributed by atoms with Gasteiger partial charge in [0.05, 0.1) is 12.1 Å². The van der Waals surface area contributed by atoms with E-state index in [1.54, 1.807) is 0 Å². The third-order valence-electron chi connectivity index (χ3n) is 3.70. The molecule has 0 aromatic rings. The third-order valence-corrected chi connectivity index (χ3v) is 3.70. The molecule has 1 heterocycles. The molecule has 3 heteroatoms. The molecule has 1 aliphatic rings. The predicted molar refractivity (Wildman–Crippen MR) is 68.6 cm³/mol. The highest BCUT2D eigenvalue weighted by atomic mass is 16.5. The first kappa shape index (κ1) is 13.9. The van der Waals surface area contributed by atoms with Gasteiger partial charge in [0.25, 0.3) is 0 Å². The third kappa shape index (κ3) is 3.44. The molecule has 0 aromatic carbocycles. The number of nitrogens with two attached hydrogens (primary N) is 1. The van der Waals surface area contributed by atoms with Gasteiger partial charge >= 0.3 is 0 Å². The van der Waals surface area contributed by atoms with Gasteiger partial charge in [-0.1, -0.05) is 26.7 Å². The zero-order valence-electron chi connectivity index (χ0n) is 11.0. The summed E-state index contributed by atoms with van der Waals surface area (Å²) in [7, 11) is 0. The fourth-order valence-corrected chi connectivity index (χ4v) is 2.42. The molecular formula is C13H28N2O. The van der Waals surface area contributed by atoms with Crippen molar-refractivity contribution in [1.82, 2.24) is 4.90 Å². The number of hydrogen-bond acceptors (Lipinski definition) is 3. The largest absolute Gasteiger partial charge is 0.379 e. The number of rotatable bonds is 8. The van der Waals surface area contributed by atoms with Crippen LogP contribution < -0.4 is 5.73 Å². The Bertz CT molecular complexity index is 171. The highest BCUT2D eigenvalue weighted by molar-refractivity contribution is 4.95. The Morgan fingerprint density at radius 3 is 2.19 bits per heavy atom. The van der Waals surface area contributed by atoms with Crippen molar-refractivity contribution >= 4 is 0 Å². The van der Waals surface area contributed by atoms with E-state index in [1.165, 1.54) is 38.8 Å². The summed E-state index contributed by atoms with van der Waals surface area (Å²) in [6, 6.07) is 0. The number of unbranched alkanes of at least 4 members (excludes halogenated alkanes) is 2. The van der Waals surface area contributed by atoms with Crippen LogP contribution in [0.4, 0.5) is 0 Å². The van der Waals surface area contributed by atoms with Crippen LogP contribution in [0.1, 0.15) is 46.0 Å². The first-order valence-corrected chi connectivity index (χ1v) is 6.82. The van der Waals surface area contributed by atoms with Crippen LogP contribution in [0.25, 0.3) is 0 Å². The Balaban J connectivity index is 2.56. The smallest absolute Gasteiger partial charge is 0.0663 e. The maximum Gasteiger partial charge on any atom is 0.0663 e. The first-order valence-electron chi connectivity index (χ1n) is 6.82. The molecule has 0 saturated carbocycles. The molecular weight excluding hydrogens is 200 g/mol. The van der Waals surface area contributed by atoms with E-state index in [0.29, 0.717) is 0 Å². The van der Waals surface area contributed by atoms with E-state index < -0.39 is 0 Å². The average molecular weight is 228 g/mol. The monoisotopic (exact) mass is 228 g/mol. The Kier molecular flexibility index (Phi) is 6.32. The van der Waals surface area contributed by atoms with Crippen molar-refractivity contribution in [2.75, 3.05) is 32.8 Å². The van der Waals surface area contributed by atoms with Crippen molar-refractivity contribution in [2.24, 2.45) is 5.73 Å². The zero-order valence-corrected chi connectivity index (χ0v) is 11.0. The highest BCUT2D eigenvalue weighted by Gasteiger charge is 2.38. The Morgan fingerprint density at radius 2 is 1.81 bits per heavy atom. The zero-order chi connectivity index (χ0) is 11.9. The topological polar surface area (TPSA) is 38.5 Å². The summed E-state index contributed by atoms with van der Waals surface area (Å²) in [5.41, 5.74) is 6.13. The fourth-order valence-electron chi connectivity index (χ4n) is 2.42. The van der Waals surface area contributed by atoms with E-state index in [4.69, 9.17) is 10.5 Å². The molecule has 0 aliphatic carbocycles. The van der Waals surface area contributed by atoms with Crippen molar-refractivity contribution in [3.05, 3.63) is 0 Å². The van der Waals surface area contributed by atoms with E-state index >= 15 is 0 Å². The van der Waals surface area contributed by atoms with Gasteiger partial charge in [0.1, 0.15) is 0 Å². The van der Waals surface area contributed by atoms with Crippen LogP contribution in [0.5, 0.6) is 0 Å². The van der Waals surface area contributed by atoms with Crippen molar-refractivity contribution in [1.29, 1.82) is 0 Å². The molecule has 96 valence electrons. The van der Waals surface area contributed by atoms with Crippen LogP contribution in [-0.2, 0) is 4.74 Å². The highest BCUT2D eigenvalue weighted by Crippen LogP contribution is 2.26. The van der Waals surface area contributed by atoms with Gasteiger partial charge in [-0.05, 0) is 32.4 Å². The van der Waals surface area contributed by atoms with E-state index in [0.717, 1.165) is 26.2 Å². The molecule has 1 rings (SSSR count). The maximum absolute atomic E-state index is 5.99. The van der Waals surface area contributed by atoms with Gasteiger partial charge < -0.3 is 10.5 Å². The minimum Gasteiger partial charge on any atom is -0.379 e. The van der Waals surface area contributed by atoms with Crippen LogP contribution >= 0.6 is 0 Å². The van der Waals surface area contributed by atoms with E-state index in [9.17, 15) is 0 Å². The maximum atomic E-state index is 5.99. The quantitative estimate of drug-likeness (QED) is 0.690. The lowest BCUT2D eigenvalue weighted by atomic mass is 9.95. The van der Waals surface area contributed by atoms with Crippen LogP contribution in [0, 0.1) is 0 Å². The molecule has 0 spiro atoms. The SMILES string of the molecule is CCCCN(CCCC)C1(CN)CCOC1. The lowest BCUT2D eigenvalue weighted by Crippen LogP contribution is -2.55. The van der Waals surface area contributed by atoms with E-state index in [-0.39, 0.29) is 5.54 Å².